The van der Waals surface area contributed by atoms with Crippen LogP contribution >= 0.6 is 0 Å². The van der Waals surface area contributed by atoms with E-state index >= 15 is 0 Å². The first-order chi connectivity index (χ1) is 8.44. The Kier molecular flexibility index (Phi) is 3.75. The smallest absolute Gasteiger partial charge is 0.379 e. The molecule has 0 heterocycles. The third-order valence-electron chi connectivity index (χ3n) is 2.16. The van der Waals surface area contributed by atoms with Gasteiger partial charge in [0.15, 0.2) is 6.10 Å². The van der Waals surface area contributed by atoms with Crippen molar-refractivity contribution in [1.82, 2.24) is 0 Å². The average Bonchev–Trinajstić information content (AvgIpc) is 2.24. The maximum Gasteiger partial charge on any atom is 0.418 e. The van der Waals surface area contributed by atoms with E-state index in [0.717, 1.165) is 0 Å². The molecule has 4 nitrogen and oxygen atoms in total. The molecule has 1 rings (SSSR count). The van der Waals surface area contributed by atoms with E-state index in [0.29, 0.717) is 0 Å². The van der Waals surface area contributed by atoms with E-state index < -0.39 is 40.2 Å². The van der Waals surface area contributed by atoms with Gasteiger partial charge in [-0.3, -0.25) is 10.1 Å². The van der Waals surface area contributed by atoms with Crippen LogP contribution in [0.4, 0.5) is 32.0 Å². The second-order valence-corrected chi connectivity index (χ2v) is 3.47. The molecule has 1 N–H and O–H groups in total. The first-order valence-electron chi connectivity index (χ1n) is 4.55. The minimum atomic E-state index is -5.22. The lowest BCUT2D eigenvalue weighted by Crippen LogP contribution is -2.21. The maximum atomic E-state index is 12.3. The van der Waals surface area contributed by atoms with E-state index in [1.807, 2.05) is 0 Å². The number of halogens is 6. The number of nitrogens with zero attached hydrogens (tertiary/aromatic N) is 1. The number of rotatable bonds is 2. The summed E-state index contributed by atoms with van der Waals surface area (Å²) in [5, 5.41) is 19.4. The van der Waals surface area contributed by atoms with E-state index in [4.69, 9.17) is 5.11 Å². The van der Waals surface area contributed by atoms with Gasteiger partial charge in [0.25, 0.3) is 5.69 Å². The van der Waals surface area contributed by atoms with Crippen molar-refractivity contribution in [3.05, 3.63) is 39.4 Å². The Hall–Kier alpha value is -1.84. The predicted molar refractivity (Wildman–Crippen MR) is 49.1 cm³/mol. The first kappa shape index (κ1) is 15.2. The molecule has 0 fully saturated rings. The molecule has 19 heavy (non-hydrogen) atoms. The molecule has 0 bridgehead atoms. The van der Waals surface area contributed by atoms with Gasteiger partial charge in [-0.2, -0.15) is 26.3 Å². The van der Waals surface area contributed by atoms with Gasteiger partial charge >= 0.3 is 12.4 Å². The molecular weight excluding hydrogens is 284 g/mol. The molecule has 0 aliphatic rings. The maximum absolute atomic E-state index is 12.3. The van der Waals surface area contributed by atoms with E-state index in [1.54, 1.807) is 0 Å². The van der Waals surface area contributed by atoms with Crippen molar-refractivity contribution in [2.24, 2.45) is 0 Å². The molecule has 0 saturated heterocycles. The van der Waals surface area contributed by atoms with Crippen LogP contribution in [0.25, 0.3) is 0 Å². The second-order valence-electron chi connectivity index (χ2n) is 3.47. The lowest BCUT2D eigenvalue weighted by Gasteiger charge is -2.15. The molecule has 0 spiro atoms. The van der Waals surface area contributed by atoms with Crippen LogP contribution in [0.5, 0.6) is 0 Å². The van der Waals surface area contributed by atoms with E-state index in [1.165, 1.54) is 0 Å². The standard InChI is InChI=1S/C9H5F6NO3/c10-8(11,12)4-1-2-5(6(3-4)16(18)19)7(17)9(13,14)15/h1-3,7,17H. The van der Waals surface area contributed by atoms with Crippen LogP contribution < -0.4 is 0 Å². The number of aliphatic hydroxyl groups is 1. The molecule has 1 unspecified atom stereocenters. The van der Waals surface area contributed by atoms with Crippen molar-refractivity contribution in [2.75, 3.05) is 0 Å². The molecule has 1 aromatic carbocycles. The minimum absolute atomic E-state index is 0.0513. The third-order valence-corrected chi connectivity index (χ3v) is 2.16. The van der Waals surface area contributed by atoms with Crippen molar-refractivity contribution < 1.29 is 36.4 Å². The van der Waals surface area contributed by atoms with Crippen LogP contribution in [0, 0.1) is 10.1 Å². The molecule has 0 aromatic heterocycles. The Morgan fingerprint density at radius 2 is 1.68 bits per heavy atom. The summed E-state index contributed by atoms with van der Waals surface area (Å²) in [6, 6.07) is 0.417. The zero-order valence-corrected chi connectivity index (χ0v) is 8.79. The van der Waals surface area contributed by atoms with Crippen LogP contribution in [0.1, 0.15) is 17.2 Å². The van der Waals surface area contributed by atoms with Crippen molar-refractivity contribution in [1.29, 1.82) is 0 Å². The van der Waals surface area contributed by atoms with Gasteiger partial charge in [-0.05, 0) is 12.1 Å². The Morgan fingerprint density at radius 3 is 2.05 bits per heavy atom. The summed E-state index contributed by atoms with van der Waals surface area (Å²) in [5.41, 5.74) is -4.16. The van der Waals surface area contributed by atoms with Gasteiger partial charge in [0.1, 0.15) is 0 Å². The van der Waals surface area contributed by atoms with Crippen molar-refractivity contribution in [2.45, 2.75) is 18.5 Å². The second kappa shape index (κ2) is 4.68. The Labute approximate surface area is 101 Å². The van der Waals surface area contributed by atoms with Gasteiger partial charge in [-0.25, -0.2) is 0 Å². The normalized spacial score (nSPS) is 14.3. The SMILES string of the molecule is O=[N+]([O-])c1cc(C(F)(F)F)ccc1C(O)C(F)(F)F. The summed E-state index contributed by atoms with van der Waals surface area (Å²) in [5.74, 6) is 0. The summed E-state index contributed by atoms with van der Waals surface area (Å²) in [4.78, 5) is 9.07. The minimum Gasteiger partial charge on any atom is -0.379 e. The molecule has 0 aliphatic carbocycles. The summed E-state index contributed by atoms with van der Waals surface area (Å²) in [7, 11) is 0. The number of benzene rings is 1. The summed E-state index contributed by atoms with van der Waals surface area (Å²) >= 11 is 0. The molecule has 1 aromatic rings. The van der Waals surface area contributed by atoms with Crippen LogP contribution in [0.2, 0.25) is 0 Å². The van der Waals surface area contributed by atoms with Crippen molar-refractivity contribution in [3.8, 4) is 0 Å². The average molecular weight is 289 g/mol. The van der Waals surface area contributed by atoms with Crippen LogP contribution in [-0.2, 0) is 6.18 Å². The fourth-order valence-electron chi connectivity index (χ4n) is 1.29. The molecular formula is C9H5F6NO3. The molecule has 1 atom stereocenters. The largest absolute Gasteiger partial charge is 0.418 e. The highest BCUT2D eigenvalue weighted by Gasteiger charge is 2.43. The number of hydrogen-bond acceptors (Lipinski definition) is 3. The number of aliphatic hydroxyl groups excluding tert-OH is 1. The molecule has 10 heteroatoms. The highest BCUT2D eigenvalue weighted by Crippen LogP contribution is 2.39. The topological polar surface area (TPSA) is 63.4 Å². The monoisotopic (exact) mass is 289 g/mol. The molecule has 106 valence electrons. The summed E-state index contributed by atoms with van der Waals surface area (Å²) in [6.07, 6.45) is -13.4. The van der Waals surface area contributed by atoms with Crippen molar-refractivity contribution >= 4 is 5.69 Å². The number of hydrogen-bond donors (Lipinski definition) is 1. The highest BCUT2D eigenvalue weighted by molar-refractivity contribution is 5.46. The van der Waals surface area contributed by atoms with Gasteiger partial charge in [-0.1, -0.05) is 0 Å². The van der Waals surface area contributed by atoms with Gasteiger partial charge in [0.2, 0.25) is 0 Å². The molecule has 0 radical (unpaired) electrons. The fraction of sp³-hybridized carbons (Fsp3) is 0.333. The van der Waals surface area contributed by atoms with E-state index in [-0.39, 0.29) is 18.2 Å². The summed E-state index contributed by atoms with van der Waals surface area (Å²) in [6.45, 7) is 0. The van der Waals surface area contributed by atoms with Crippen molar-refractivity contribution in [3.63, 3.8) is 0 Å². The van der Waals surface area contributed by atoms with Crippen LogP contribution in [0.15, 0.2) is 18.2 Å². The van der Waals surface area contributed by atoms with E-state index in [9.17, 15) is 36.5 Å². The summed E-state index contributed by atoms with van der Waals surface area (Å²) < 4.78 is 73.5. The number of nitro groups is 1. The van der Waals surface area contributed by atoms with Gasteiger partial charge < -0.3 is 5.11 Å². The first-order valence-corrected chi connectivity index (χ1v) is 4.55. The Balaban J connectivity index is 3.39. The van der Waals surface area contributed by atoms with Gasteiger partial charge in [-0.15, -0.1) is 0 Å². The van der Waals surface area contributed by atoms with E-state index in [2.05, 4.69) is 0 Å². The zero-order valence-electron chi connectivity index (χ0n) is 8.79. The number of alkyl halides is 6. The molecule has 0 saturated carbocycles. The lowest BCUT2D eigenvalue weighted by atomic mass is 10.0. The third kappa shape index (κ3) is 3.34. The highest BCUT2D eigenvalue weighted by atomic mass is 19.4. The fourth-order valence-corrected chi connectivity index (χ4v) is 1.29. The Morgan fingerprint density at radius 1 is 1.16 bits per heavy atom. The van der Waals surface area contributed by atoms with Gasteiger partial charge in [0.05, 0.1) is 16.1 Å². The molecule has 0 aliphatic heterocycles. The van der Waals surface area contributed by atoms with Gasteiger partial charge in [0, 0.05) is 6.07 Å². The van der Waals surface area contributed by atoms with Crippen LogP contribution in [0.3, 0.4) is 0 Å². The lowest BCUT2D eigenvalue weighted by molar-refractivity contribution is -0.387. The Bertz CT molecular complexity index is 496. The zero-order chi connectivity index (χ0) is 15.0. The quantitative estimate of drug-likeness (QED) is 0.516. The number of nitro benzene ring substituents is 1. The van der Waals surface area contributed by atoms with Crippen LogP contribution in [-0.4, -0.2) is 16.2 Å². The predicted octanol–water partition coefficient (Wildman–Crippen LogP) is 3.21. The molecule has 0 amide bonds.